The fourth-order valence-corrected chi connectivity index (χ4v) is 5.24. The zero-order chi connectivity index (χ0) is 28.4. The highest BCUT2D eigenvalue weighted by Crippen LogP contribution is 2.32. The Labute approximate surface area is 243 Å². The van der Waals surface area contributed by atoms with E-state index in [1.54, 1.807) is 12.1 Å². The topological polar surface area (TPSA) is 50.5 Å². The van der Waals surface area contributed by atoms with Crippen LogP contribution in [0.2, 0.25) is 0 Å². The lowest BCUT2D eigenvalue weighted by atomic mass is 10.1. The van der Waals surface area contributed by atoms with Crippen LogP contribution in [0.1, 0.15) is 43.5 Å². The molecule has 1 N–H and O–H groups in total. The first-order chi connectivity index (χ1) is 20.1. The van der Waals surface area contributed by atoms with E-state index < -0.39 is 0 Å². The molecule has 0 aliphatic heterocycles. The Morgan fingerprint density at radius 3 is 2.10 bits per heavy atom. The number of rotatable bonds is 13. The van der Waals surface area contributed by atoms with Crippen LogP contribution in [-0.2, 0) is 26.2 Å². The predicted octanol–water partition coefficient (Wildman–Crippen LogP) is 8.32. The van der Waals surface area contributed by atoms with Gasteiger partial charge in [0.05, 0.1) is 18.0 Å². The number of nitrogens with zero attached hydrogens (tertiary/aromatic N) is 3. The number of imidazole rings is 1. The zero-order valence-electron chi connectivity index (χ0n) is 24.0. The first-order valence-electron chi connectivity index (χ1n) is 14.6. The standard InChI is InChI=1S/C36H39N3O2/c1-3-5-23-39-34(35(30-14-8-6-9-15-30)37-36(39)31-16-10-7-11-17-31)27-38(25-28-19-21-32(40)22-20-28)26-29-13-12-18-33(24-29)41-4-2/h6-22,24,40H,3-5,23,25-27H2,1-2H3. The fourth-order valence-electron chi connectivity index (χ4n) is 5.24. The van der Waals surface area contributed by atoms with E-state index in [9.17, 15) is 5.11 Å². The van der Waals surface area contributed by atoms with Gasteiger partial charge in [0, 0.05) is 37.3 Å². The van der Waals surface area contributed by atoms with Crippen LogP contribution < -0.4 is 4.74 Å². The highest BCUT2D eigenvalue weighted by molar-refractivity contribution is 5.68. The molecule has 0 radical (unpaired) electrons. The number of aromatic nitrogens is 2. The minimum Gasteiger partial charge on any atom is -0.508 e. The van der Waals surface area contributed by atoms with Crippen molar-refractivity contribution in [1.29, 1.82) is 0 Å². The van der Waals surface area contributed by atoms with Gasteiger partial charge in [0.1, 0.15) is 17.3 Å². The molecular weight excluding hydrogens is 506 g/mol. The monoisotopic (exact) mass is 545 g/mol. The largest absolute Gasteiger partial charge is 0.508 e. The summed E-state index contributed by atoms with van der Waals surface area (Å²) >= 11 is 0. The number of unbranched alkanes of at least 4 members (excludes halogenated alkanes) is 1. The van der Waals surface area contributed by atoms with E-state index in [1.165, 1.54) is 11.3 Å². The van der Waals surface area contributed by atoms with Gasteiger partial charge in [-0.05, 0) is 48.7 Å². The van der Waals surface area contributed by atoms with Crippen molar-refractivity contribution in [2.24, 2.45) is 0 Å². The van der Waals surface area contributed by atoms with Gasteiger partial charge in [0.15, 0.2) is 0 Å². The number of benzene rings is 4. The van der Waals surface area contributed by atoms with Gasteiger partial charge < -0.3 is 14.4 Å². The van der Waals surface area contributed by atoms with E-state index in [-0.39, 0.29) is 5.75 Å². The molecule has 5 rings (SSSR count). The molecule has 0 saturated carbocycles. The van der Waals surface area contributed by atoms with Crippen molar-refractivity contribution in [2.45, 2.75) is 52.9 Å². The van der Waals surface area contributed by atoms with Crippen LogP contribution in [-0.4, -0.2) is 26.2 Å². The minimum absolute atomic E-state index is 0.279. The van der Waals surface area contributed by atoms with Crippen molar-refractivity contribution in [3.05, 3.63) is 126 Å². The van der Waals surface area contributed by atoms with E-state index in [4.69, 9.17) is 9.72 Å². The molecule has 5 nitrogen and oxygen atoms in total. The van der Waals surface area contributed by atoms with Crippen molar-refractivity contribution in [3.8, 4) is 34.1 Å². The molecule has 0 bridgehead atoms. The van der Waals surface area contributed by atoms with Gasteiger partial charge in [-0.15, -0.1) is 0 Å². The maximum absolute atomic E-state index is 9.90. The lowest BCUT2D eigenvalue weighted by molar-refractivity contribution is 0.240. The van der Waals surface area contributed by atoms with Gasteiger partial charge in [-0.3, -0.25) is 4.90 Å². The number of ether oxygens (including phenoxy) is 1. The van der Waals surface area contributed by atoms with Gasteiger partial charge in [0.25, 0.3) is 0 Å². The van der Waals surface area contributed by atoms with Crippen LogP contribution in [0.15, 0.2) is 109 Å². The van der Waals surface area contributed by atoms with Gasteiger partial charge in [-0.1, -0.05) is 98.3 Å². The number of phenols is 1. The van der Waals surface area contributed by atoms with Crippen molar-refractivity contribution < 1.29 is 9.84 Å². The molecule has 1 heterocycles. The van der Waals surface area contributed by atoms with Crippen LogP contribution in [0.25, 0.3) is 22.6 Å². The maximum Gasteiger partial charge on any atom is 0.140 e. The quantitative estimate of drug-likeness (QED) is 0.162. The molecule has 0 saturated heterocycles. The summed E-state index contributed by atoms with van der Waals surface area (Å²) in [4.78, 5) is 7.76. The number of hydrogen-bond acceptors (Lipinski definition) is 4. The van der Waals surface area contributed by atoms with Crippen molar-refractivity contribution in [2.75, 3.05) is 6.61 Å². The number of phenolic OH excluding ortho intramolecular Hbond substituents is 1. The molecule has 1 aromatic heterocycles. The first-order valence-corrected chi connectivity index (χ1v) is 14.6. The van der Waals surface area contributed by atoms with E-state index in [2.05, 4.69) is 95.3 Å². The van der Waals surface area contributed by atoms with Crippen molar-refractivity contribution in [3.63, 3.8) is 0 Å². The molecule has 0 aliphatic rings. The molecule has 4 aromatic carbocycles. The molecular formula is C36H39N3O2. The molecule has 0 atom stereocenters. The van der Waals surface area contributed by atoms with E-state index in [1.807, 2.05) is 25.1 Å². The first kappa shape index (κ1) is 28.2. The van der Waals surface area contributed by atoms with Gasteiger partial charge >= 0.3 is 0 Å². The van der Waals surface area contributed by atoms with Gasteiger partial charge in [-0.2, -0.15) is 0 Å². The Morgan fingerprint density at radius 1 is 0.732 bits per heavy atom. The normalized spacial score (nSPS) is 11.2. The second kappa shape index (κ2) is 13.8. The highest BCUT2D eigenvalue weighted by Gasteiger charge is 2.22. The maximum atomic E-state index is 9.90. The van der Waals surface area contributed by atoms with Crippen LogP contribution in [0.4, 0.5) is 0 Å². The van der Waals surface area contributed by atoms with Gasteiger partial charge in [-0.25, -0.2) is 4.98 Å². The summed E-state index contributed by atoms with van der Waals surface area (Å²) in [6, 6.07) is 36.9. The third-order valence-corrected chi connectivity index (χ3v) is 7.22. The van der Waals surface area contributed by atoms with E-state index >= 15 is 0 Å². The summed E-state index contributed by atoms with van der Waals surface area (Å²) in [7, 11) is 0. The Kier molecular flexibility index (Phi) is 9.50. The van der Waals surface area contributed by atoms with Gasteiger partial charge in [0.2, 0.25) is 0 Å². The Bertz CT molecular complexity index is 1510. The molecule has 5 aromatic rings. The Morgan fingerprint density at radius 2 is 1.41 bits per heavy atom. The lowest BCUT2D eigenvalue weighted by Crippen LogP contribution is -2.24. The number of aromatic hydroxyl groups is 1. The highest BCUT2D eigenvalue weighted by atomic mass is 16.5. The van der Waals surface area contributed by atoms with Crippen molar-refractivity contribution in [1.82, 2.24) is 14.5 Å². The van der Waals surface area contributed by atoms with Crippen LogP contribution >= 0.6 is 0 Å². The van der Waals surface area contributed by atoms with Crippen LogP contribution in [0.3, 0.4) is 0 Å². The van der Waals surface area contributed by atoms with Crippen LogP contribution in [0, 0.1) is 0 Å². The second-order valence-corrected chi connectivity index (χ2v) is 10.4. The van der Waals surface area contributed by atoms with E-state index in [0.29, 0.717) is 13.2 Å². The summed E-state index contributed by atoms with van der Waals surface area (Å²) < 4.78 is 8.24. The summed E-state index contributed by atoms with van der Waals surface area (Å²) in [6.45, 7) is 7.98. The molecule has 0 unspecified atom stereocenters. The molecule has 0 aliphatic carbocycles. The molecule has 0 fully saturated rings. The SMILES string of the molecule is CCCCn1c(-c2ccccc2)nc(-c2ccccc2)c1CN(Cc1ccc(O)cc1)Cc1cccc(OCC)c1. The number of hydrogen-bond donors (Lipinski definition) is 1. The predicted molar refractivity (Wildman–Crippen MR) is 167 cm³/mol. The second-order valence-electron chi connectivity index (χ2n) is 10.4. The molecule has 0 spiro atoms. The average Bonchev–Trinajstić information content (AvgIpc) is 3.36. The fraction of sp³-hybridized carbons (Fsp3) is 0.250. The van der Waals surface area contributed by atoms with Crippen LogP contribution in [0.5, 0.6) is 11.5 Å². The molecule has 210 valence electrons. The molecule has 0 amide bonds. The summed E-state index contributed by atoms with van der Waals surface area (Å²) in [5.74, 6) is 2.18. The Balaban J connectivity index is 1.59. The zero-order valence-corrected chi connectivity index (χ0v) is 24.0. The third kappa shape index (κ3) is 7.24. The average molecular weight is 546 g/mol. The summed E-state index contributed by atoms with van der Waals surface area (Å²) in [5.41, 5.74) is 6.83. The molecule has 41 heavy (non-hydrogen) atoms. The lowest BCUT2D eigenvalue weighted by Gasteiger charge is -2.25. The smallest absolute Gasteiger partial charge is 0.140 e. The third-order valence-electron chi connectivity index (χ3n) is 7.22. The molecule has 5 heteroatoms. The minimum atomic E-state index is 0.279. The van der Waals surface area contributed by atoms with E-state index in [0.717, 1.165) is 66.4 Å². The summed E-state index contributed by atoms with van der Waals surface area (Å²) in [6.07, 6.45) is 2.18. The Hall–Kier alpha value is -4.35. The van der Waals surface area contributed by atoms with Crippen molar-refractivity contribution >= 4 is 0 Å². The summed E-state index contributed by atoms with van der Waals surface area (Å²) in [5, 5.41) is 9.90.